The Bertz CT molecular complexity index is 518. The van der Waals surface area contributed by atoms with Crippen LogP contribution in [0.4, 0.5) is 0 Å². The summed E-state index contributed by atoms with van der Waals surface area (Å²) in [6.07, 6.45) is 2.63. The maximum Gasteiger partial charge on any atom is 0.144 e. The van der Waals surface area contributed by atoms with E-state index in [1.165, 1.54) is 11.1 Å². The zero-order chi connectivity index (χ0) is 11.7. The zero-order valence-corrected chi connectivity index (χ0v) is 9.93. The molecule has 4 heteroatoms. The Balaban J connectivity index is 1.89. The number of hydrogen-bond acceptors (Lipinski definition) is 3. The van der Waals surface area contributed by atoms with Crippen molar-refractivity contribution in [3.05, 3.63) is 47.5 Å². The zero-order valence-electron chi connectivity index (χ0n) is 9.93. The molecule has 1 aromatic carbocycles. The van der Waals surface area contributed by atoms with Gasteiger partial charge in [0.2, 0.25) is 0 Å². The van der Waals surface area contributed by atoms with Crippen molar-refractivity contribution in [1.82, 2.24) is 20.1 Å². The molecule has 1 N–H and O–H groups in total. The second-order valence-electron chi connectivity index (χ2n) is 4.34. The summed E-state index contributed by atoms with van der Waals surface area (Å²) in [6.45, 7) is 3.88. The van der Waals surface area contributed by atoms with Gasteiger partial charge >= 0.3 is 0 Å². The minimum Gasteiger partial charge on any atom is -0.303 e. The lowest BCUT2D eigenvalue weighted by Gasteiger charge is -2.25. The Labute approximate surface area is 101 Å². The van der Waals surface area contributed by atoms with Crippen LogP contribution in [-0.4, -0.2) is 14.8 Å². The predicted octanol–water partition coefficient (Wildman–Crippen LogP) is 1.68. The molecule has 3 rings (SSSR count). The first kappa shape index (κ1) is 10.5. The third kappa shape index (κ3) is 1.85. The van der Waals surface area contributed by atoms with Crippen molar-refractivity contribution in [2.24, 2.45) is 0 Å². The van der Waals surface area contributed by atoms with E-state index in [0.717, 1.165) is 25.3 Å². The molecule has 4 nitrogen and oxygen atoms in total. The standard InChI is InChI=1S/C13H16N4/c1-2-17-13(15-9-16-17)12-7-10-5-3-4-6-11(10)8-14-12/h3-6,9,12,14H,2,7-8H2,1H3. The monoisotopic (exact) mass is 228 g/mol. The fraction of sp³-hybridized carbons (Fsp3) is 0.385. The van der Waals surface area contributed by atoms with Crippen molar-refractivity contribution in [3.63, 3.8) is 0 Å². The molecule has 88 valence electrons. The van der Waals surface area contributed by atoms with Gasteiger partial charge in [0, 0.05) is 13.1 Å². The Morgan fingerprint density at radius 2 is 2.18 bits per heavy atom. The van der Waals surface area contributed by atoms with Crippen LogP contribution >= 0.6 is 0 Å². The van der Waals surface area contributed by atoms with Gasteiger partial charge in [0.25, 0.3) is 0 Å². The molecular formula is C13H16N4. The first-order valence-corrected chi connectivity index (χ1v) is 6.06. The van der Waals surface area contributed by atoms with Crippen molar-refractivity contribution >= 4 is 0 Å². The molecule has 0 saturated carbocycles. The Morgan fingerprint density at radius 1 is 1.35 bits per heavy atom. The van der Waals surface area contributed by atoms with E-state index >= 15 is 0 Å². The summed E-state index contributed by atoms with van der Waals surface area (Å²) in [5, 5.41) is 7.76. The Hall–Kier alpha value is -1.68. The van der Waals surface area contributed by atoms with Crippen molar-refractivity contribution in [2.75, 3.05) is 0 Å². The molecule has 2 heterocycles. The van der Waals surface area contributed by atoms with Gasteiger partial charge in [-0.15, -0.1) is 0 Å². The van der Waals surface area contributed by atoms with Gasteiger partial charge in [0.15, 0.2) is 0 Å². The van der Waals surface area contributed by atoms with Gasteiger partial charge in [-0.3, -0.25) is 0 Å². The normalized spacial score (nSPS) is 19.0. The third-order valence-electron chi connectivity index (χ3n) is 3.34. The molecule has 0 saturated heterocycles. The Morgan fingerprint density at radius 3 is 3.00 bits per heavy atom. The summed E-state index contributed by atoms with van der Waals surface area (Å²) in [5.41, 5.74) is 2.81. The van der Waals surface area contributed by atoms with E-state index < -0.39 is 0 Å². The molecular weight excluding hydrogens is 212 g/mol. The molecule has 0 amide bonds. The number of rotatable bonds is 2. The van der Waals surface area contributed by atoms with Gasteiger partial charge in [-0.1, -0.05) is 24.3 Å². The molecule has 1 aromatic heterocycles. The second kappa shape index (κ2) is 4.30. The molecule has 0 radical (unpaired) electrons. The highest BCUT2D eigenvalue weighted by atomic mass is 15.3. The molecule has 1 unspecified atom stereocenters. The minimum absolute atomic E-state index is 0.285. The first-order valence-electron chi connectivity index (χ1n) is 6.06. The van der Waals surface area contributed by atoms with Crippen molar-refractivity contribution in [1.29, 1.82) is 0 Å². The highest BCUT2D eigenvalue weighted by molar-refractivity contribution is 5.30. The first-order chi connectivity index (χ1) is 8.38. The highest BCUT2D eigenvalue weighted by Gasteiger charge is 2.22. The lowest BCUT2D eigenvalue weighted by Crippen LogP contribution is -2.30. The second-order valence-corrected chi connectivity index (χ2v) is 4.34. The molecule has 17 heavy (non-hydrogen) atoms. The molecule has 1 aliphatic rings. The van der Waals surface area contributed by atoms with Crippen molar-refractivity contribution < 1.29 is 0 Å². The van der Waals surface area contributed by atoms with Crippen LogP contribution in [0.1, 0.15) is 29.9 Å². The lowest BCUT2D eigenvalue weighted by molar-refractivity contribution is 0.446. The number of fused-ring (bicyclic) bond motifs is 1. The fourth-order valence-corrected chi connectivity index (χ4v) is 2.42. The van der Waals surface area contributed by atoms with E-state index in [0.29, 0.717) is 0 Å². The third-order valence-corrected chi connectivity index (χ3v) is 3.34. The summed E-state index contributed by atoms with van der Waals surface area (Å²) < 4.78 is 1.96. The molecule has 0 aliphatic carbocycles. The maximum atomic E-state index is 4.37. The minimum atomic E-state index is 0.285. The summed E-state index contributed by atoms with van der Waals surface area (Å²) in [5.74, 6) is 1.04. The van der Waals surface area contributed by atoms with E-state index in [2.05, 4.69) is 46.6 Å². The largest absolute Gasteiger partial charge is 0.303 e. The van der Waals surface area contributed by atoms with E-state index in [9.17, 15) is 0 Å². The molecule has 0 bridgehead atoms. The number of hydrogen-bond donors (Lipinski definition) is 1. The molecule has 1 atom stereocenters. The Kier molecular flexibility index (Phi) is 2.65. The van der Waals surface area contributed by atoms with Gasteiger partial charge in [-0.05, 0) is 24.5 Å². The summed E-state index contributed by atoms with van der Waals surface area (Å²) >= 11 is 0. The molecule has 1 aliphatic heterocycles. The fourth-order valence-electron chi connectivity index (χ4n) is 2.42. The van der Waals surface area contributed by atoms with Crippen LogP contribution < -0.4 is 5.32 Å². The van der Waals surface area contributed by atoms with Gasteiger partial charge in [-0.25, -0.2) is 9.67 Å². The number of nitrogens with zero attached hydrogens (tertiary/aromatic N) is 3. The van der Waals surface area contributed by atoms with Crippen LogP contribution in [0.5, 0.6) is 0 Å². The van der Waals surface area contributed by atoms with Crippen LogP contribution in [0, 0.1) is 0 Å². The van der Waals surface area contributed by atoms with Crippen molar-refractivity contribution in [3.8, 4) is 0 Å². The molecule has 0 fully saturated rings. The SMILES string of the molecule is CCn1ncnc1C1Cc2ccccc2CN1. The van der Waals surface area contributed by atoms with Crippen LogP contribution in [0.2, 0.25) is 0 Å². The van der Waals surface area contributed by atoms with E-state index in [-0.39, 0.29) is 6.04 Å². The van der Waals surface area contributed by atoms with E-state index in [1.54, 1.807) is 6.33 Å². The molecule has 0 spiro atoms. The smallest absolute Gasteiger partial charge is 0.144 e. The summed E-state index contributed by atoms with van der Waals surface area (Å²) in [4.78, 5) is 4.37. The molecule has 2 aromatic rings. The number of benzene rings is 1. The van der Waals surface area contributed by atoms with Gasteiger partial charge < -0.3 is 5.32 Å². The highest BCUT2D eigenvalue weighted by Crippen LogP contribution is 2.24. The summed E-state index contributed by atoms with van der Waals surface area (Å²) in [6, 6.07) is 8.87. The summed E-state index contributed by atoms with van der Waals surface area (Å²) in [7, 11) is 0. The predicted molar refractivity (Wildman–Crippen MR) is 65.4 cm³/mol. The number of nitrogens with one attached hydrogen (secondary N) is 1. The maximum absolute atomic E-state index is 4.37. The van der Waals surface area contributed by atoms with Gasteiger partial charge in [0.1, 0.15) is 12.2 Å². The van der Waals surface area contributed by atoms with Crippen LogP contribution in [-0.2, 0) is 19.5 Å². The average Bonchev–Trinajstić information content (AvgIpc) is 2.86. The van der Waals surface area contributed by atoms with E-state index in [1.807, 2.05) is 4.68 Å². The number of aryl methyl sites for hydroxylation is 1. The van der Waals surface area contributed by atoms with Gasteiger partial charge in [0.05, 0.1) is 6.04 Å². The van der Waals surface area contributed by atoms with Crippen LogP contribution in [0.25, 0.3) is 0 Å². The van der Waals surface area contributed by atoms with Crippen molar-refractivity contribution in [2.45, 2.75) is 32.5 Å². The van der Waals surface area contributed by atoms with Crippen LogP contribution in [0.15, 0.2) is 30.6 Å². The van der Waals surface area contributed by atoms with E-state index in [4.69, 9.17) is 0 Å². The topological polar surface area (TPSA) is 42.7 Å². The quantitative estimate of drug-likeness (QED) is 0.850. The lowest BCUT2D eigenvalue weighted by atomic mass is 9.95. The van der Waals surface area contributed by atoms with Gasteiger partial charge in [-0.2, -0.15) is 5.10 Å². The van der Waals surface area contributed by atoms with Crippen LogP contribution in [0.3, 0.4) is 0 Å². The average molecular weight is 228 g/mol. The number of aromatic nitrogens is 3.